The van der Waals surface area contributed by atoms with Gasteiger partial charge in [-0.3, -0.25) is 4.57 Å². The van der Waals surface area contributed by atoms with Crippen LogP contribution >= 0.6 is 0 Å². The molecule has 1 aromatic rings. The molecule has 1 unspecified atom stereocenters. The number of carboxylic acids is 1. The fourth-order valence-electron chi connectivity index (χ4n) is 1.36. The summed E-state index contributed by atoms with van der Waals surface area (Å²) >= 11 is 0. The van der Waals surface area contributed by atoms with E-state index >= 15 is 0 Å². The van der Waals surface area contributed by atoms with Crippen LogP contribution in [0.3, 0.4) is 0 Å². The van der Waals surface area contributed by atoms with Crippen LogP contribution < -0.4 is 5.69 Å². The van der Waals surface area contributed by atoms with E-state index in [0.29, 0.717) is 0 Å². The Bertz CT molecular complexity index is 429. The highest BCUT2D eigenvalue weighted by Crippen LogP contribution is 2.18. The molecule has 0 amide bonds. The first kappa shape index (κ1) is 12.4. The van der Waals surface area contributed by atoms with Gasteiger partial charge < -0.3 is 9.84 Å². The summed E-state index contributed by atoms with van der Waals surface area (Å²) in [6.45, 7) is 1.72. The van der Waals surface area contributed by atoms with E-state index in [9.17, 15) is 14.7 Å². The second kappa shape index (κ2) is 4.89. The zero-order valence-corrected chi connectivity index (χ0v) is 9.21. The van der Waals surface area contributed by atoms with E-state index in [0.717, 1.165) is 4.57 Å². The number of hydrogen-bond donors (Lipinski definition) is 1. The average Bonchev–Trinajstić information content (AvgIpc) is 2.26. The Kier molecular flexibility index (Phi) is 3.78. The molecule has 0 aliphatic carbocycles. The molecule has 1 heterocycles. The van der Waals surface area contributed by atoms with Gasteiger partial charge >= 0.3 is 11.7 Å². The lowest BCUT2D eigenvalue weighted by Crippen LogP contribution is -2.46. The summed E-state index contributed by atoms with van der Waals surface area (Å²) in [5.41, 5.74) is -1.91. The fourth-order valence-corrected chi connectivity index (χ4v) is 1.36. The monoisotopic (exact) mass is 226 g/mol. The summed E-state index contributed by atoms with van der Waals surface area (Å²) in [5.74, 6) is -1.08. The Hall–Kier alpha value is -1.69. The van der Waals surface area contributed by atoms with Crippen molar-refractivity contribution in [3.8, 4) is 0 Å². The molecule has 0 radical (unpaired) electrons. The van der Waals surface area contributed by atoms with Crippen molar-refractivity contribution in [3.63, 3.8) is 0 Å². The van der Waals surface area contributed by atoms with E-state index in [1.165, 1.54) is 32.5 Å². The van der Waals surface area contributed by atoms with Crippen LogP contribution in [0.25, 0.3) is 0 Å². The maximum absolute atomic E-state index is 11.5. The Balaban J connectivity index is 3.17. The second-order valence-electron chi connectivity index (χ2n) is 3.59. The maximum atomic E-state index is 11.5. The van der Waals surface area contributed by atoms with Crippen LogP contribution in [-0.2, 0) is 15.1 Å². The van der Waals surface area contributed by atoms with Gasteiger partial charge in [0.2, 0.25) is 0 Å². The van der Waals surface area contributed by atoms with Gasteiger partial charge in [-0.25, -0.2) is 14.6 Å². The van der Waals surface area contributed by atoms with Gasteiger partial charge in [0.05, 0.1) is 0 Å². The van der Waals surface area contributed by atoms with Crippen LogP contribution in [0.1, 0.15) is 13.3 Å². The van der Waals surface area contributed by atoms with Crippen LogP contribution in [0.5, 0.6) is 0 Å². The number of hydrogen-bond acceptors (Lipinski definition) is 4. The van der Waals surface area contributed by atoms with Gasteiger partial charge in [-0.2, -0.15) is 0 Å². The Labute approximate surface area is 92.5 Å². The summed E-state index contributed by atoms with van der Waals surface area (Å²) in [5, 5.41) is 9.19. The molecular weight excluding hydrogens is 212 g/mol. The van der Waals surface area contributed by atoms with E-state index in [2.05, 4.69) is 4.98 Å². The van der Waals surface area contributed by atoms with Crippen molar-refractivity contribution in [3.05, 3.63) is 28.9 Å². The van der Waals surface area contributed by atoms with Crippen molar-refractivity contribution in [2.24, 2.45) is 0 Å². The minimum absolute atomic E-state index is 0.199. The van der Waals surface area contributed by atoms with Gasteiger partial charge in [0, 0.05) is 32.5 Å². The Morgan fingerprint density at radius 3 is 2.88 bits per heavy atom. The predicted octanol–water partition coefficient (Wildman–Crippen LogP) is 0.0796. The van der Waals surface area contributed by atoms with Crippen LogP contribution in [0.15, 0.2) is 23.3 Å². The van der Waals surface area contributed by atoms with Gasteiger partial charge in [-0.1, -0.05) is 0 Å². The summed E-state index contributed by atoms with van der Waals surface area (Å²) < 4.78 is 5.96. The lowest BCUT2D eigenvalue weighted by Gasteiger charge is -2.26. The van der Waals surface area contributed by atoms with Crippen molar-refractivity contribution in [1.29, 1.82) is 0 Å². The van der Waals surface area contributed by atoms with Crippen molar-refractivity contribution in [2.75, 3.05) is 13.7 Å². The number of ether oxygens (including phenoxy) is 1. The number of methoxy groups -OCH3 is 1. The van der Waals surface area contributed by atoms with Crippen LogP contribution in [0.2, 0.25) is 0 Å². The number of carboxylic acid groups (broad SMARTS) is 1. The third kappa shape index (κ3) is 2.27. The van der Waals surface area contributed by atoms with Gasteiger partial charge in [0.25, 0.3) is 0 Å². The molecule has 0 fully saturated rings. The molecule has 0 saturated carbocycles. The zero-order valence-electron chi connectivity index (χ0n) is 9.21. The van der Waals surface area contributed by atoms with E-state index in [1.807, 2.05) is 0 Å². The minimum atomic E-state index is -1.33. The van der Waals surface area contributed by atoms with Crippen molar-refractivity contribution in [2.45, 2.75) is 18.9 Å². The molecule has 1 aromatic heterocycles. The molecule has 16 heavy (non-hydrogen) atoms. The number of aromatic nitrogens is 2. The molecule has 0 saturated heterocycles. The molecule has 0 spiro atoms. The van der Waals surface area contributed by atoms with Gasteiger partial charge in [0.15, 0.2) is 0 Å². The smallest absolute Gasteiger partial charge is 0.348 e. The van der Waals surface area contributed by atoms with Gasteiger partial charge in [0.1, 0.15) is 5.54 Å². The first-order valence-corrected chi connectivity index (χ1v) is 4.79. The Morgan fingerprint density at radius 2 is 2.38 bits per heavy atom. The molecule has 6 heteroatoms. The lowest BCUT2D eigenvalue weighted by molar-refractivity contribution is -0.147. The lowest BCUT2D eigenvalue weighted by atomic mass is 9.98. The van der Waals surface area contributed by atoms with Crippen molar-refractivity contribution < 1.29 is 14.6 Å². The Morgan fingerprint density at radius 1 is 1.69 bits per heavy atom. The molecule has 1 rings (SSSR count). The third-order valence-corrected chi connectivity index (χ3v) is 2.50. The SMILES string of the molecule is COCCC(C)(C(=O)O)n1cccnc1=O. The zero-order chi connectivity index (χ0) is 12.2. The predicted molar refractivity (Wildman–Crippen MR) is 56.3 cm³/mol. The molecular formula is C10H14N2O4. The molecule has 0 bridgehead atoms. The first-order chi connectivity index (χ1) is 7.52. The van der Waals surface area contributed by atoms with Crippen molar-refractivity contribution >= 4 is 5.97 Å². The van der Waals surface area contributed by atoms with E-state index < -0.39 is 17.2 Å². The third-order valence-electron chi connectivity index (χ3n) is 2.50. The number of nitrogens with zero attached hydrogens (tertiary/aromatic N) is 2. The highest BCUT2D eigenvalue weighted by Gasteiger charge is 2.35. The second-order valence-corrected chi connectivity index (χ2v) is 3.59. The topological polar surface area (TPSA) is 81.4 Å². The standard InChI is InChI=1S/C10H14N2O4/c1-10(8(13)14,4-7-16-2)12-6-3-5-11-9(12)15/h3,5-6H,4,7H2,1-2H3,(H,13,14). The molecule has 1 atom stereocenters. The molecule has 88 valence electrons. The van der Waals surface area contributed by atoms with Crippen LogP contribution in [0, 0.1) is 0 Å². The largest absolute Gasteiger partial charge is 0.479 e. The van der Waals surface area contributed by atoms with Crippen LogP contribution in [-0.4, -0.2) is 34.3 Å². The minimum Gasteiger partial charge on any atom is -0.479 e. The average molecular weight is 226 g/mol. The molecule has 0 aromatic carbocycles. The van der Waals surface area contributed by atoms with E-state index in [-0.39, 0.29) is 13.0 Å². The van der Waals surface area contributed by atoms with Crippen LogP contribution in [0.4, 0.5) is 0 Å². The summed E-state index contributed by atoms with van der Waals surface area (Å²) in [6, 6.07) is 1.52. The van der Waals surface area contributed by atoms with E-state index in [4.69, 9.17) is 4.74 Å². The molecule has 0 aliphatic rings. The maximum Gasteiger partial charge on any atom is 0.348 e. The number of rotatable bonds is 5. The van der Waals surface area contributed by atoms with Crippen molar-refractivity contribution in [1.82, 2.24) is 9.55 Å². The highest BCUT2D eigenvalue weighted by atomic mass is 16.5. The molecule has 0 aliphatic heterocycles. The first-order valence-electron chi connectivity index (χ1n) is 4.79. The number of carbonyl (C=O) groups is 1. The van der Waals surface area contributed by atoms with Gasteiger partial charge in [-0.05, 0) is 13.0 Å². The van der Waals surface area contributed by atoms with E-state index in [1.54, 1.807) is 0 Å². The summed E-state index contributed by atoms with van der Waals surface area (Å²) in [6.07, 6.45) is 2.95. The molecule has 6 nitrogen and oxygen atoms in total. The normalized spacial score (nSPS) is 14.4. The summed E-state index contributed by atoms with van der Waals surface area (Å²) in [4.78, 5) is 26.3. The summed E-state index contributed by atoms with van der Waals surface area (Å²) in [7, 11) is 1.48. The molecule has 1 N–H and O–H groups in total. The quantitative estimate of drug-likeness (QED) is 0.768. The van der Waals surface area contributed by atoms with Gasteiger partial charge in [-0.15, -0.1) is 0 Å². The number of aliphatic carboxylic acids is 1. The fraction of sp³-hybridized carbons (Fsp3) is 0.500. The highest BCUT2D eigenvalue weighted by molar-refractivity contribution is 5.76.